The smallest absolute Gasteiger partial charge is 0.145 e. The first-order valence-electron chi connectivity index (χ1n) is 4.25. The normalized spacial score (nSPS) is 10.4. The largest absolute Gasteiger partial charge is 0.382 e. The minimum absolute atomic E-state index is 0.472. The van der Waals surface area contributed by atoms with E-state index in [1.54, 1.807) is 6.07 Å². The lowest BCUT2D eigenvalue weighted by Gasteiger charge is -2.04. The SMILES string of the molecule is Cc1cccc(Cl)c1-c1cc(N)n[nH]1. The van der Waals surface area contributed by atoms with Crippen LogP contribution in [0.3, 0.4) is 0 Å². The van der Waals surface area contributed by atoms with Crippen molar-refractivity contribution in [2.24, 2.45) is 0 Å². The number of aromatic amines is 1. The minimum atomic E-state index is 0.472. The molecular formula is C10H10ClN3. The van der Waals surface area contributed by atoms with Crippen molar-refractivity contribution < 1.29 is 0 Å². The van der Waals surface area contributed by atoms with Gasteiger partial charge in [0.2, 0.25) is 0 Å². The number of nitrogens with two attached hydrogens (primary N) is 1. The van der Waals surface area contributed by atoms with Crippen molar-refractivity contribution in [3.63, 3.8) is 0 Å². The van der Waals surface area contributed by atoms with Crippen molar-refractivity contribution in [2.75, 3.05) is 5.73 Å². The average molecular weight is 208 g/mol. The fraction of sp³-hybridized carbons (Fsp3) is 0.100. The van der Waals surface area contributed by atoms with E-state index in [0.717, 1.165) is 16.8 Å². The predicted octanol–water partition coefficient (Wildman–Crippen LogP) is 2.62. The number of benzene rings is 1. The maximum atomic E-state index is 6.08. The number of aromatic nitrogens is 2. The predicted molar refractivity (Wildman–Crippen MR) is 58.2 cm³/mol. The molecule has 4 heteroatoms. The van der Waals surface area contributed by atoms with Gasteiger partial charge in [-0.2, -0.15) is 5.10 Å². The Bertz CT molecular complexity index is 442. The molecule has 0 amide bonds. The van der Waals surface area contributed by atoms with E-state index in [4.69, 9.17) is 17.3 Å². The molecule has 0 bridgehead atoms. The van der Waals surface area contributed by atoms with Gasteiger partial charge in [-0.1, -0.05) is 23.7 Å². The Hall–Kier alpha value is -1.48. The van der Waals surface area contributed by atoms with Crippen molar-refractivity contribution in [3.05, 3.63) is 34.9 Å². The van der Waals surface area contributed by atoms with Crippen LogP contribution in [0.25, 0.3) is 11.3 Å². The standard InChI is InChI=1S/C10H10ClN3/c1-6-3-2-4-7(11)10(6)8-5-9(12)14-13-8/h2-5H,1H3,(H3,12,13,14). The third-order valence-electron chi connectivity index (χ3n) is 2.09. The second kappa shape index (κ2) is 3.35. The number of anilines is 1. The molecule has 0 aliphatic carbocycles. The molecule has 0 aliphatic heterocycles. The van der Waals surface area contributed by atoms with Gasteiger partial charge in [0.05, 0.1) is 10.7 Å². The highest BCUT2D eigenvalue weighted by Crippen LogP contribution is 2.30. The monoisotopic (exact) mass is 207 g/mol. The van der Waals surface area contributed by atoms with E-state index in [1.165, 1.54) is 0 Å². The maximum absolute atomic E-state index is 6.08. The van der Waals surface area contributed by atoms with E-state index in [1.807, 2.05) is 25.1 Å². The fourth-order valence-corrected chi connectivity index (χ4v) is 1.76. The quantitative estimate of drug-likeness (QED) is 0.755. The van der Waals surface area contributed by atoms with Crippen molar-refractivity contribution in [3.8, 4) is 11.3 Å². The summed E-state index contributed by atoms with van der Waals surface area (Å²) in [5.74, 6) is 0.472. The van der Waals surface area contributed by atoms with Crippen LogP contribution in [0.2, 0.25) is 5.02 Å². The van der Waals surface area contributed by atoms with E-state index in [2.05, 4.69) is 10.2 Å². The molecule has 0 fully saturated rings. The Labute approximate surface area is 86.9 Å². The van der Waals surface area contributed by atoms with Crippen LogP contribution >= 0.6 is 11.6 Å². The van der Waals surface area contributed by atoms with Crippen LogP contribution in [-0.4, -0.2) is 10.2 Å². The molecule has 1 aromatic heterocycles. The second-order valence-electron chi connectivity index (χ2n) is 3.14. The van der Waals surface area contributed by atoms with Crippen LogP contribution in [0.4, 0.5) is 5.82 Å². The molecule has 2 rings (SSSR count). The van der Waals surface area contributed by atoms with Gasteiger partial charge >= 0.3 is 0 Å². The van der Waals surface area contributed by atoms with E-state index < -0.39 is 0 Å². The average Bonchev–Trinajstić information content (AvgIpc) is 2.51. The summed E-state index contributed by atoms with van der Waals surface area (Å²) >= 11 is 6.08. The number of aryl methyl sites for hydroxylation is 1. The summed E-state index contributed by atoms with van der Waals surface area (Å²) in [4.78, 5) is 0. The second-order valence-corrected chi connectivity index (χ2v) is 3.55. The van der Waals surface area contributed by atoms with Gasteiger partial charge < -0.3 is 5.73 Å². The molecule has 0 radical (unpaired) electrons. The molecule has 1 aromatic carbocycles. The molecule has 1 heterocycles. The highest BCUT2D eigenvalue weighted by Gasteiger charge is 2.08. The Kier molecular flexibility index (Phi) is 2.17. The first-order chi connectivity index (χ1) is 6.68. The van der Waals surface area contributed by atoms with Gasteiger partial charge in [0.15, 0.2) is 0 Å². The number of rotatable bonds is 1. The summed E-state index contributed by atoms with van der Waals surface area (Å²) in [6.45, 7) is 2.00. The number of hydrogen-bond acceptors (Lipinski definition) is 2. The molecule has 14 heavy (non-hydrogen) atoms. The summed E-state index contributed by atoms with van der Waals surface area (Å²) in [5, 5.41) is 7.42. The van der Waals surface area contributed by atoms with Crippen molar-refractivity contribution >= 4 is 17.4 Å². The molecule has 0 unspecified atom stereocenters. The molecule has 0 saturated carbocycles. The first kappa shape index (κ1) is 9.09. The van der Waals surface area contributed by atoms with Crippen LogP contribution in [0, 0.1) is 6.92 Å². The number of H-pyrrole nitrogens is 1. The number of hydrogen-bond donors (Lipinski definition) is 2. The van der Waals surface area contributed by atoms with Crippen molar-refractivity contribution in [1.82, 2.24) is 10.2 Å². The molecule has 72 valence electrons. The lowest BCUT2D eigenvalue weighted by molar-refractivity contribution is 1.10. The molecule has 0 saturated heterocycles. The highest BCUT2D eigenvalue weighted by molar-refractivity contribution is 6.33. The van der Waals surface area contributed by atoms with E-state index in [-0.39, 0.29) is 0 Å². The lowest BCUT2D eigenvalue weighted by atomic mass is 10.1. The van der Waals surface area contributed by atoms with Crippen LogP contribution in [0.5, 0.6) is 0 Å². The van der Waals surface area contributed by atoms with Crippen LogP contribution in [0.1, 0.15) is 5.56 Å². The zero-order chi connectivity index (χ0) is 10.1. The molecule has 3 N–H and O–H groups in total. The molecule has 0 aliphatic rings. The van der Waals surface area contributed by atoms with E-state index in [0.29, 0.717) is 10.8 Å². The van der Waals surface area contributed by atoms with Gasteiger partial charge in [0.25, 0.3) is 0 Å². The zero-order valence-corrected chi connectivity index (χ0v) is 8.47. The highest BCUT2D eigenvalue weighted by atomic mass is 35.5. The minimum Gasteiger partial charge on any atom is -0.382 e. The van der Waals surface area contributed by atoms with Gasteiger partial charge in [-0.3, -0.25) is 5.10 Å². The first-order valence-corrected chi connectivity index (χ1v) is 4.62. The van der Waals surface area contributed by atoms with Gasteiger partial charge in [-0.15, -0.1) is 0 Å². The summed E-state index contributed by atoms with van der Waals surface area (Å²) in [7, 11) is 0. The molecule has 3 nitrogen and oxygen atoms in total. The summed E-state index contributed by atoms with van der Waals surface area (Å²) in [5.41, 5.74) is 8.44. The van der Waals surface area contributed by atoms with E-state index >= 15 is 0 Å². The summed E-state index contributed by atoms with van der Waals surface area (Å²) in [6, 6.07) is 7.54. The zero-order valence-electron chi connectivity index (χ0n) is 7.71. The topological polar surface area (TPSA) is 54.7 Å². The number of nitrogens with one attached hydrogen (secondary N) is 1. The Morgan fingerprint density at radius 1 is 1.43 bits per heavy atom. The number of halogens is 1. The van der Waals surface area contributed by atoms with Crippen LogP contribution in [-0.2, 0) is 0 Å². The van der Waals surface area contributed by atoms with Crippen molar-refractivity contribution in [1.29, 1.82) is 0 Å². The summed E-state index contributed by atoms with van der Waals surface area (Å²) in [6.07, 6.45) is 0. The number of nitrogen functional groups attached to an aromatic ring is 1. The Morgan fingerprint density at radius 3 is 2.79 bits per heavy atom. The molecule has 0 atom stereocenters. The van der Waals surface area contributed by atoms with Gasteiger partial charge in [-0.25, -0.2) is 0 Å². The molecule has 2 aromatic rings. The van der Waals surface area contributed by atoms with Crippen LogP contribution in [0.15, 0.2) is 24.3 Å². The Balaban J connectivity index is 2.61. The molecular weight excluding hydrogens is 198 g/mol. The summed E-state index contributed by atoms with van der Waals surface area (Å²) < 4.78 is 0. The van der Waals surface area contributed by atoms with Gasteiger partial charge in [0.1, 0.15) is 5.82 Å². The molecule has 0 spiro atoms. The van der Waals surface area contributed by atoms with Crippen LogP contribution < -0.4 is 5.73 Å². The Morgan fingerprint density at radius 2 is 2.21 bits per heavy atom. The maximum Gasteiger partial charge on any atom is 0.145 e. The van der Waals surface area contributed by atoms with E-state index in [9.17, 15) is 0 Å². The van der Waals surface area contributed by atoms with Gasteiger partial charge in [-0.05, 0) is 18.6 Å². The van der Waals surface area contributed by atoms with Gasteiger partial charge in [0, 0.05) is 11.6 Å². The fourth-order valence-electron chi connectivity index (χ4n) is 1.44. The third-order valence-corrected chi connectivity index (χ3v) is 2.40. The number of nitrogens with zero attached hydrogens (tertiary/aromatic N) is 1. The third kappa shape index (κ3) is 1.46. The lowest BCUT2D eigenvalue weighted by Crippen LogP contribution is -1.84. The van der Waals surface area contributed by atoms with Crippen molar-refractivity contribution in [2.45, 2.75) is 6.92 Å².